The Morgan fingerprint density at radius 2 is 1.30 bits per heavy atom. The van der Waals surface area contributed by atoms with Gasteiger partial charge in [0.15, 0.2) is 18.9 Å². The van der Waals surface area contributed by atoms with E-state index >= 15 is 0 Å². The number of rotatable bonds is 7. The maximum atomic E-state index is 12.6. The molecule has 8 rings (SSSR count). The summed E-state index contributed by atoms with van der Waals surface area (Å²) in [5.41, 5.74) is 0.215. The summed E-state index contributed by atoms with van der Waals surface area (Å²) >= 11 is 0. The molecule has 0 bridgehead atoms. The number of carbonyl (C=O) groups is 1. The molecule has 13 nitrogen and oxygen atoms in total. The van der Waals surface area contributed by atoms with E-state index in [1.165, 1.54) is 0 Å². The lowest BCUT2D eigenvalue weighted by atomic mass is 9.43. The number of aliphatic hydroxyl groups is 5. The highest BCUT2D eigenvalue weighted by Gasteiger charge is 2.68. The molecule has 0 aromatic heterocycles. The number of ether oxygens (including phenoxy) is 7. The van der Waals surface area contributed by atoms with E-state index in [-0.39, 0.29) is 54.0 Å². The first-order chi connectivity index (χ1) is 25.6. The first kappa shape index (κ1) is 39.6. The molecule has 0 radical (unpaired) electrons. The highest BCUT2D eigenvalue weighted by Crippen LogP contribution is 2.70. The normalized spacial score (nSPS) is 55.0. The SMILES string of the molecule is C[C@@H]1O[C@@H](O[C@H]2[C@@H](O)C[C@H](O[C@H]3[C@@H](O)C[C@H](O[C@H]4CC[C@@]5(C)[C@H](CC[C@@H]6[C@@H]5CC[C@]5(C)[C@@H](C7=CC(=O)OC7)CC[C@]65O)C4)O[C@@H]3C)O[C@@H]2C)C[C@H](O)[C@@H]1O. The van der Waals surface area contributed by atoms with Gasteiger partial charge in [0.2, 0.25) is 0 Å². The van der Waals surface area contributed by atoms with Crippen molar-refractivity contribution in [1.82, 2.24) is 0 Å². The molecular formula is C41H64O13. The fraction of sp³-hybridized carbons (Fsp3) is 0.927. The summed E-state index contributed by atoms with van der Waals surface area (Å²) < 4.78 is 42.2. The van der Waals surface area contributed by atoms with Crippen molar-refractivity contribution in [2.75, 3.05) is 6.61 Å². The van der Waals surface area contributed by atoms with Crippen molar-refractivity contribution in [3.05, 3.63) is 11.6 Å². The Labute approximate surface area is 319 Å². The quantitative estimate of drug-likeness (QED) is 0.188. The number of hydrogen-bond donors (Lipinski definition) is 5. The molecule has 7 fully saturated rings. The lowest BCUT2D eigenvalue weighted by Crippen LogP contribution is -2.62. The van der Waals surface area contributed by atoms with Gasteiger partial charge in [-0.15, -0.1) is 0 Å². The van der Waals surface area contributed by atoms with Crippen molar-refractivity contribution >= 4 is 5.97 Å². The highest BCUT2D eigenvalue weighted by atomic mass is 16.7. The summed E-state index contributed by atoms with van der Waals surface area (Å²) in [5.74, 6) is 1.13. The standard InChI is InChI=1S/C41H64O13/c1-20-36(46)29(42)16-34(49-20)53-38-22(3)51-35(18-31(38)44)54-37-21(2)50-33(17-30(37)43)52-25-8-11-39(4)24(15-25)6-7-28-27(39)9-12-40(5)26(10-13-41(28,40)47)23-14-32(45)48-19-23/h14,20-22,24-31,33-38,42-44,46-47H,6-13,15-19H2,1-5H3/t20-,21+,22+,24+,25-,26+,27-,28+,29-,30-,31-,33-,34-,35-,36+,37+,38+,39-,40+,41-/m0/s1. The maximum absolute atomic E-state index is 12.6. The number of aliphatic hydroxyl groups excluding tert-OH is 4. The molecule has 3 saturated heterocycles. The fourth-order valence-electron chi connectivity index (χ4n) is 12.8. The van der Waals surface area contributed by atoms with Crippen LogP contribution in [0.15, 0.2) is 11.6 Å². The Hall–Kier alpha value is -1.23. The van der Waals surface area contributed by atoms with Gasteiger partial charge in [0.25, 0.3) is 0 Å². The van der Waals surface area contributed by atoms with Gasteiger partial charge in [0.05, 0.1) is 48.3 Å². The minimum atomic E-state index is -0.996. The molecule has 0 amide bonds. The van der Waals surface area contributed by atoms with Crippen LogP contribution in [0.3, 0.4) is 0 Å². The summed E-state index contributed by atoms with van der Waals surface area (Å²) in [4.78, 5) is 11.9. The van der Waals surface area contributed by atoms with Crippen molar-refractivity contribution < 1.29 is 63.5 Å². The molecule has 306 valence electrons. The first-order valence-electron chi connectivity index (χ1n) is 20.8. The molecule has 5 N–H and O–H groups in total. The topological polar surface area (TPSA) is 183 Å². The van der Waals surface area contributed by atoms with Crippen molar-refractivity contribution in [3.63, 3.8) is 0 Å². The molecular weight excluding hydrogens is 700 g/mol. The zero-order valence-corrected chi connectivity index (χ0v) is 32.6. The van der Waals surface area contributed by atoms with Crippen molar-refractivity contribution in [1.29, 1.82) is 0 Å². The number of cyclic esters (lactones) is 1. The van der Waals surface area contributed by atoms with Gasteiger partial charge in [-0.3, -0.25) is 0 Å². The van der Waals surface area contributed by atoms with Crippen LogP contribution in [0.4, 0.5) is 0 Å². The molecule has 4 aliphatic carbocycles. The zero-order valence-electron chi connectivity index (χ0n) is 32.6. The minimum absolute atomic E-state index is 0.0243. The first-order valence-corrected chi connectivity index (χ1v) is 20.8. The van der Waals surface area contributed by atoms with Crippen molar-refractivity contribution in [2.24, 2.45) is 34.5 Å². The lowest BCUT2D eigenvalue weighted by molar-refractivity contribution is -0.336. The number of carbonyl (C=O) groups excluding carboxylic acids is 1. The third kappa shape index (κ3) is 6.82. The Balaban J connectivity index is 0.826. The van der Waals surface area contributed by atoms with Gasteiger partial charge in [-0.05, 0) is 113 Å². The minimum Gasteiger partial charge on any atom is -0.458 e. The summed E-state index contributed by atoms with van der Waals surface area (Å²) in [5, 5.41) is 55.0. The predicted molar refractivity (Wildman–Crippen MR) is 191 cm³/mol. The van der Waals surface area contributed by atoms with E-state index in [1.54, 1.807) is 19.9 Å². The van der Waals surface area contributed by atoms with E-state index in [2.05, 4.69) is 13.8 Å². The third-order valence-electron chi connectivity index (χ3n) is 15.9. The molecule has 0 unspecified atom stereocenters. The average Bonchev–Trinajstić information content (AvgIpc) is 3.66. The van der Waals surface area contributed by atoms with Gasteiger partial charge in [-0.2, -0.15) is 0 Å². The second kappa shape index (κ2) is 14.9. The maximum Gasteiger partial charge on any atom is 0.331 e. The van der Waals surface area contributed by atoms with Crippen LogP contribution in [0.2, 0.25) is 0 Å². The van der Waals surface area contributed by atoms with Crippen LogP contribution in [-0.2, 0) is 38.0 Å². The molecule has 4 saturated carbocycles. The van der Waals surface area contributed by atoms with Crippen LogP contribution in [0.1, 0.15) is 112 Å². The molecule has 0 aromatic rings. The average molecular weight is 765 g/mol. The predicted octanol–water partition coefficient (Wildman–Crippen LogP) is 3.25. The molecule has 54 heavy (non-hydrogen) atoms. The van der Waals surface area contributed by atoms with Gasteiger partial charge in [-0.25, -0.2) is 4.79 Å². The number of hydrogen-bond acceptors (Lipinski definition) is 13. The van der Waals surface area contributed by atoms with Crippen molar-refractivity contribution in [3.8, 4) is 0 Å². The molecule has 0 aromatic carbocycles. The Bertz CT molecular complexity index is 1370. The summed E-state index contributed by atoms with van der Waals surface area (Å²) in [6.07, 6.45) is 1.90. The number of esters is 1. The monoisotopic (exact) mass is 764 g/mol. The van der Waals surface area contributed by atoms with Crippen LogP contribution >= 0.6 is 0 Å². The lowest BCUT2D eigenvalue weighted by Gasteiger charge is -2.64. The highest BCUT2D eigenvalue weighted by molar-refractivity contribution is 5.85. The Morgan fingerprint density at radius 3 is 1.89 bits per heavy atom. The second-order valence-electron chi connectivity index (χ2n) is 18.7. The smallest absolute Gasteiger partial charge is 0.331 e. The van der Waals surface area contributed by atoms with Gasteiger partial charge in [0, 0.05) is 30.8 Å². The third-order valence-corrected chi connectivity index (χ3v) is 15.9. The van der Waals surface area contributed by atoms with Gasteiger partial charge in [-0.1, -0.05) is 13.8 Å². The van der Waals surface area contributed by atoms with E-state index in [4.69, 9.17) is 33.2 Å². The molecule has 4 heterocycles. The fourth-order valence-corrected chi connectivity index (χ4v) is 12.8. The van der Waals surface area contributed by atoms with Crippen LogP contribution in [-0.4, -0.2) is 124 Å². The Kier molecular flexibility index (Phi) is 10.9. The molecule has 8 aliphatic rings. The zero-order chi connectivity index (χ0) is 38.3. The van der Waals surface area contributed by atoms with Gasteiger partial charge >= 0.3 is 5.97 Å². The van der Waals surface area contributed by atoms with Crippen LogP contribution in [0.25, 0.3) is 0 Å². The molecule has 20 atom stereocenters. The van der Waals surface area contributed by atoms with Crippen molar-refractivity contribution in [2.45, 2.75) is 197 Å². The van der Waals surface area contributed by atoms with E-state index in [9.17, 15) is 30.3 Å². The number of fused-ring (bicyclic) bond motifs is 5. The van der Waals surface area contributed by atoms with Gasteiger partial charge < -0.3 is 58.7 Å². The van der Waals surface area contributed by atoms with Crippen LogP contribution < -0.4 is 0 Å². The van der Waals surface area contributed by atoms with E-state index < -0.39 is 79.4 Å². The molecule has 13 heteroatoms. The largest absolute Gasteiger partial charge is 0.458 e. The summed E-state index contributed by atoms with van der Waals surface area (Å²) in [6, 6.07) is 0. The van der Waals surface area contributed by atoms with Gasteiger partial charge in [0.1, 0.15) is 24.9 Å². The second-order valence-corrected chi connectivity index (χ2v) is 18.7. The Morgan fingerprint density at radius 1 is 0.685 bits per heavy atom. The molecule has 4 aliphatic heterocycles. The molecule has 0 spiro atoms. The summed E-state index contributed by atoms with van der Waals surface area (Å²) in [6.45, 7) is 10.4. The van der Waals surface area contributed by atoms with E-state index in [0.717, 1.165) is 63.4 Å². The summed E-state index contributed by atoms with van der Waals surface area (Å²) in [7, 11) is 0. The van der Waals surface area contributed by atoms with E-state index in [0.29, 0.717) is 18.4 Å². The van der Waals surface area contributed by atoms with Crippen LogP contribution in [0, 0.1) is 34.5 Å². The van der Waals surface area contributed by atoms with Crippen LogP contribution in [0.5, 0.6) is 0 Å². The van der Waals surface area contributed by atoms with E-state index in [1.807, 2.05) is 6.92 Å².